The van der Waals surface area contributed by atoms with E-state index < -0.39 is 0 Å². The lowest BCUT2D eigenvalue weighted by molar-refractivity contribution is 0.675. The monoisotopic (exact) mass is 239 g/mol. The molecule has 17 heavy (non-hydrogen) atoms. The Labute approximate surface area is 106 Å². The molecule has 0 saturated heterocycles. The molecular formula is C15H26FN. The zero-order chi connectivity index (χ0) is 13.8. The second-order valence-electron chi connectivity index (χ2n) is 3.37. The van der Waals surface area contributed by atoms with Crippen LogP contribution in [-0.2, 0) is 0 Å². The molecule has 0 rings (SSSR count). The van der Waals surface area contributed by atoms with Gasteiger partial charge in [-0.05, 0) is 40.2 Å². The van der Waals surface area contributed by atoms with Crippen LogP contribution in [-0.4, -0.2) is 5.71 Å². The second-order valence-corrected chi connectivity index (χ2v) is 3.37. The summed E-state index contributed by atoms with van der Waals surface area (Å²) < 4.78 is 13.7. The number of allylic oxidation sites excluding steroid dienone is 6. The Kier molecular flexibility index (Phi) is 12.1. The maximum Gasteiger partial charge on any atom is 0.144 e. The predicted octanol–water partition coefficient (Wildman–Crippen LogP) is 5.61. The van der Waals surface area contributed by atoms with Gasteiger partial charge in [0.1, 0.15) is 5.83 Å². The minimum absolute atomic E-state index is 0.241. The first-order valence-corrected chi connectivity index (χ1v) is 6.26. The highest BCUT2D eigenvalue weighted by atomic mass is 19.1. The lowest BCUT2D eigenvalue weighted by Crippen LogP contribution is -1.97. The normalized spacial score (nSPS) is 14.4. The maximum atomic E-state index is 13.7. The van der Waals surface area contributed by atoms with Gasteiger partial charge < -0.3 is 0 Å². The fraction of sp³-hybridized carbons (Fsp3) is 0.533. The maximum absolute atomic E-state index is 13.7. The third-order valence-corrected chi connectivity index (χ3v) is 2.15. The van der Waals surface area contributed by atoms with E-state index in [-0.39, 0.29) is 5.83 Å². The number of halogens is 1. The number of aliphatic imine (C=N–C) groups is 1. The second kappa shape index (κ2) is 11.3. The van der Waals surface area contributed by atoms with E-state index in [1.807, 2.05) is 60.6 Å². The van der Waals surface area contributed by atoms with Crippen LogP contribution in [0.3, 0.4) is 0 Å². The Hall–Kier alpha value is -1.18. The van der Waals surface area contributed by atoms with Crippen molar-refractivity contribution in [2.24, 2.45) is 4.99 Å². The third-order valence-electron chi connectivity index (χ3n) is 2.15. The standard InChI is InChI=1S/C13H20FN.C2H6/c1-6-10(4)9-12(14)13(8-3)15-11(5)7-2;1-2/h6-7,9H,8H2,1-5H3;1-2H3/b10-6-,11-7-,12-9+,15-13-;. The molecule has 0 aromatic heterocycles. The van der Waals surface area contributed by atoms with Gasteiger partial charge in [0.25, 0.3) is 0 Å². The van der Waals surface area contributed by atoms with Crippen molar-refractivity contribution < 1.29 is 4.39 Å². The van der Waals surface area contributed by atoms with Gasteiger partial charge in [0, 0.05) is 5.70 Å². The van der Waals surface area contributed by atoms with Gasteiger partial charge in [-0.25, -0.2) is 4.39 Å². The van der Waals surface area contributed by atoms with Crippen molar-refractivity contribution in [3.05, 3.63) is 35.3 Å². The lowest BCUT2D eigenvalue weighted by atomic mass is 10.2. The first kappa shape index (κ1) is 18.2. The van der Waals surface area contributed by atoms with Crippen molar-refractivity contribution in [1.82, 2.24) is 0 Å². The quantitative estimate of drug-likeness (QED) is 0.447. The van der Waals surface area contributed by atoms with Crippen molar-refractivity contribution in [3.8, 4) is 0 Å². The van der Waals surface area contributed by atoms with E-state index >= 15 is 0 Å². The summed E-state index contributed by atoms with van der Waals surface area (Å²) in [6.07, 6.45) is 5.86. The van der Waals surface area contributed by atoms with Crippen LogP contribution in [0.25, 0.3) is 0 Å². The van der Waals surface area contributed by atoms with E-state index in [0.29, 0.717) is 12.1 Å². The van der Waals surface area contributed by atoms with Crippen molar-refractivity contribution in [2.45, 2.75) is 54.9 Å². The van der Waals surface area contributed by atoms with Crippen LogP contribution in [0.5, 0.6) is 0 Å². The summed E-state index contributed by atoms with van der Waals surface area (Å²) in [6, 6.07) is 0. The van der Waals surface area contributed by atoms with Crippen LogP contribution < -0.4 is 0 Å². The van der Waals surface area contributed by atoms with Gasteiger partial charge in [0.15, 0.2) is 0 Å². The molecule has 0 unspecified atom stereocenters. The first-order chi connectivity index (χ1) is 8.04. The molecule has 0 aliphatic rings. The minimum atomic E-state index is -0.241. The zero-order valence-corrected chi connectivity index (χ0v) is 12.3. The molecule has 0 amide bonds. The minimum Gasteiger partial charge on any atom is -0.255 e. The van der Waals surface area contributed by atoms with Gasteiger partial charge >= 0.3 is 0 Å². The molecule has 0 bridgehead atoms. The molecule has 0 saturated carbocycles. The van der Waals surface area contributed by atoms with Crippen molar-refractivity contribution in [1.29, 1.82) is 0 Å². The van der Waals surface area contributed by atoms with Crippen LogP contribution in [0.15, 0.2) is 40.3 Å². The zero-order valence-electron chi connectivity index (χ0n) is 12.3. The van der Waals surface area contributed by atoms with Crippen LogP contribution in [0, 0.1) is 0 Å². The number of nitrogens with zero attached hydrogens (tertiary/aromatic N) is 1. The molecule has 0 fully saturated rings. The Morgan fingerprint density at radius 2 is 1.65 bits per heavy atom. The van der Waals surface area contributed by atoms with Crippen LogP contribution in [0.2, 0.25) is 0 Å². The molecule has 98 valence electrons. The Balaban J connectivity index is 0. The molecule has 1 nitrogen and oxygen atoms in total. The smallest absolute Gasteiger partial charge is 0.144 e. The highest BCUT2D eigenvalue weighted by Crippen LogP contribution is 2.11. The van der Waals surface area contributed by atoms with Gasteiger partial charge in [-0.3, -0.25) is 4.99 Å². The summed E-state index contributed by atoms with van der Waals surface area (Å²) in [5, 5.41) is 0. The average molecular weight is 239 g/mol. The summed E-state index contributed by atoms with van der Waals surface area (Å²) in [7, 11) is 0. The van der Waals surface area contributed by atoms with Gasteiger partial charge in [0.2, 0.25) is 0 Å². The number of rotatable bonds is 4. The molecule has 0 spiro atoms. The van der Waals surface area contributed by atoms with Crippen LogP contribution in [0.4, 0.5) is 4.39 Å². The van der Waals surface area contributed by atoms with E-state index in [0.717, 1.165) is 11.3 Å². The highest BCUT2D eigenvalue weighted by Gasteiger charge is 2.03. The van der Waals surface area contributed by atoms with E-state index in [1.165, 1.54) is 6.08 Å². The molecular weight excluding hydrogens is 213 g/mol. The molecule has 0 radical (unpaired) electrons. The van der Waals surface area contributed by atoms with Crippen molar-refractivity contribution in [3.63, 3.8) is 0 Å². The molecule has 0 N–H and O–H groups in total. The first-order valence-electron chi connectivity index (χ1n) is 6.26. The van der Waals surface area contributed by atoms with Gasteiger partial charge in [-0.15, -0.1) is 0 Å². The van der Waals surface area contributed by atoms with Crippen LogP contribution >= 0.6 is 0 Å². The van der Waals surface area contributed by atoms with Gasteiger partial charge in [0.05, 0.1) is 5.71 Å². The number of hydrogen-bond donors (Lipinski definition) is 0. The Bertz CT molecular complexity index is 320. The van der Waals surface area contributed by atoms with E-state index in [9.17, 15) is 4.39 Å². The largest absolute Gasteiger partial charge is 0.255 e. The van der Waals surface area contributed by atoms with E-state index in [1.54, 1.807) is 0 Å². The lowest BCUT2D eigenvalue weighted by Gasteiger charge is -2.01. The molecule has 0 aliphatic heterocycles. The third kappa shape index (κ3) is 8.61. The van der Waals surface area contributed by atoms with Crippen LogP contribution in [0.1, 0.15) is 54.9 Å². The van der Waals surface area contributed by atoms with Gasteiger partial charge in [-0.2, -0.15) is 0 Å². The molecule has 2 heteroatoms. The number of hydrogen-bond acceptors (Lipinski definition) is 1. The molecule has 0 aromatic rings. The molecule has 0 aliphatic carbocycles. The summed E-state index contributed by atoms with van der Waals surface area (Å²) in [5.74, 6) is -0.241. The van der Waals surface area contributed by atoms with Gasteiger partial charge in [-0.1, -0.05) is 38.5 Å². The SMILES string of the molecule is CC.C\C=C(C)/C=C(F)\C(CC)=N/C(C)=C\C. The fourth-order valence-corrected chi connectivity index (χ4v) is 0.945. The molecule has 0 atom stereocenters. The predicted molar refractivity (Wildman–Crippen MR) is 77.1 cm³/mol. The van der Waals surface area contributed by atoms with E-state index in [2.05, 4.69) is 4.99 Å². The summed E-state index contributed by atoms with van der Waals surface area (Å²) in [5.41, 5.74) is 2.26. The van der Waals surface area contributed by atoms with E-state index in [4.69, 9.17) is 0 Å². The summed E-state index contributed by atoms with van der Waals surface area (Å²) in [6.45, 7) is 13.4. The Morgan fingerprint density at radius 1 is 1.12 bits per heavy atom. The summed E-state index contributed by atoms with van der Waals surface area (Å²) in [4.78, 5) is 4.21. The fourth-order valence-electron chi connectivity index (χ4n) is 0.945. The summed E-state index contributed by atoms with van der Waals surface area (Å²) >= 11 is 0. The molecule has 0 heterocycles. The van der Waals surface area contributed by atoms with Crippen molar-refractivity contribution in [2.75, 3.05) is 0 Å². The van der Waals surface area contributed by atoms with Crippen molar-refractivity contribution >= 4 is 5.71 Å². The molecule has 0 aromatic carbocycles. The Morgan fingerprint density at radius 3 is 2.00 bits per heavy atom. The average Bonchev–Trinajstić information content (AvgIpc) is 2.37. The highest BCUT2D eigenvalue weighted by molar-refractivity contribution is 5.98. The topological polar surface area (TPSA) is 12.4 Å².